The van der Waals surface area contributed by atoms with Crippen LogP contribution in [0.4, 0.5) is 0 Å². The summed E-state index contributed by atoms with van der Waals surface area (Å²) >= 11 is -1.93. The Bertz CT molecular complexity index is 1230. The summed E-state index contributed by atoms with van der Waals surface area (Å²) in [6.07, 6.45) is 2.71. The van der Waals surface area contributed by atoms with Crippen molar-refractivity contribution in [1.29, 1.82) is 0 Å². The van der Waals surface area contributed by atoms with Crippen molar-refractivity contribution in [2.75, 3.05) is 0 Å². The van der Waals surface area contributed by atoms with Crippen LogP contribution in [0.1, 0.15) is 64.7 Å². The molecule has 0 amide bonds. The van der Waals surface area contributed by atoms with Crippen LogP contribution < -0.4 is 24.8 Å². The minimum Gasteiger partial charge on any atom is -1.00 e. The van der Waals surface area contributed by atoms with Crippen LogP contribution in [0.5, 0.6) is 0 Å². The third kappa shape index (κ3) is 4.75. The second-order valence-electron chi connectivity index (χ2n) is 9.81. The van der Waals surface area contributed by atoms with E-state index in [9.17, 15) is 0 Å². The monoisotopic (exact) mass is 572 g/mol. The molecule has 2 aliphatic carbocycles. The summed E-state index contributed by atoms with van der Waals surface area (Å²) < 4.78 is 2.58. The van der Waals surface area contributed by atoms with Gasteiger partial charge in [0.15, 0.2) is 0 Å². The Kier molecular flexibility index (Phi) is 9.48. The third-order valence-corrected chi connectivity index (χ3v) is 26.6. The molecule has 0 N–H and O–H groups in total. The Morgan fingerprint density at radius 3 is 1.97 bits per heavy atom. The van der Waals surface area contributed by atoms with Crippen LogP contribution in [0.2, 0.25) is 13.1 Å². The van der Waals surface area contributed by atoms with Gasteiger partial charge < -0.3 is 24.8 Å². The first-order valence-corrected chi connectivity index (χ1v) is 20.4. The number of benzene rings is 2. The van der Waals surface area contributed by atoms with Crippen LogP contribution in [0.3, 0.4) is 0 Å². The molecule has 33 heavy (non-hydrogen) atoms. The Morgan fingerprint density at radius 1 is 0.758 bits per heavy atom. The van der Waals surface area contributed by atoms with E-state index in [4.69, 9.17) is 0 Å². The Balaban J connectivity index is 0.00000193. The maximum atomic E-state index is 2.71. The predicted molar refractivity (Wildman–Crippen MR) is 135 cm³/mol. The number of allylic oxidation sites excluding steroid dienone is 5. The molecule has 0 aromatic heterocycles. The molecule has 0 nitrogen and oxygen atoms in total. The van der Waals surface area contributed by atoms with Crippen LogP contribution >= 0.6 is 0 Å². The van der Waals surface area contributed by atoms with E-state index >= 15 is 0 Å². The molecule has 2 aromatic carbocycles. The molecule has 0 radical (unpaired) electrons. The SMILES string of the molecule is CC1=C(C)C(C)[C]([Zr+2]([CH]2C=C(c3ccc(C)c(C)c3C)c3ccccc32)=[Si](C)C)=C1C.[Cl-].[Cl-]. The molecule has 0 bridgehead atoms. The summed E-state index contributed by atoms with van der Waals surface area (Å²) in [5.41, 5.74) is 14.8. The Morgan fingerprint density at radius 2 is 1.39 bits per heavy atom. The fraction of sp³-hybridized carbons (Fsp3) is 0.379. The molecular formula is C29H36Cl2SiZr. The van der Waals surface area contributed by atoms with Gasteiger partial charge in [0.25, 0.3) is 0 Å². The van der Waals surface area contributed by atoms with Gasteiger partial charge in [-0.1, -0.05) is 0 Å². The van der Waals surface area contributed by atoms with E-state index in [1.165, 1.54) is 33.4 Å². The standard InChI is InChI=1S/C18H17.C9H13.C2H6Si.2ClH.Zr/c1-12-8-10-16(14(3)13(12)2)18-11-9-15-6-4-5-7-17(15)18;1-6-5-7(2)9(4)8(6)3;1-3-2;;;/h4-11H,1-3H3;6H,1-4H3;1-2H3;2*1H;/q;;;;;+2/p-2. The zero-order valence-electron chi connectivity index (χ0n) is 21.5. The molecule has 2 aromatic rings. The van der Waals surface area contributed by atoms with E-state index in [-0.39, 0.29) is 30.2 Å². The molecule has 0 fully saturated rings. The summed E-state index contributed by atoms with van der Waals surface area (Å²) in [6.45, 7) is 21.7. The molecule has 2 atom stereocenters. The molecule has 0 saturated carbocycles. The zero-order chi connectivity index (χ0) is 22.6. The first-order chi connectivity index (χ1) is 14.6. The number of aryl methyl sites for hydroxylation is 1. The van der Waals surface area contributed by atoms with Crippen LogP contribution in [0.15, 0.2) is 62.5 Å². The predicted octanol–water partition coefficient (Wildman–Crippen LogP) is 2.24. The molecule has 0 spiro atoms. The summed E-state index contributed by atoms with van der Waals surface area (Å²) in [5.74, 6) is 0.655. The summed E-state index contributed by atoms with van der Waals surface area (Å²) in [5, 5.41) is 0. The van der Waals surface area contributed by atoms with Gasteiger partial charge in [-0.3, -0.25) is 0 Å². The zero-order valence-corrected chi connectivity index (χ0v) is 26.4. The van der Waals surface area contributed by atoms with Gasteiger partial charge in [-0.25, -0.2) is 0 Å². The minimum atomic E-state index is -1.93. The number of rotatable bonds is 3. The fourth-order valence-corrected chi connectivity index (χ4v) is 25.3. The van der Waals surface area contributed by atoms with Gasteiger partial charge in [-0.2, -0.15) is 0 Å². The van der Waals surface area contributed by atoms with Crippen LogP contribution in [-0.2, 0) is 20.4 Å². The van der Waals surface area contributed by atoms with Gasteiger partial charge in [-0.05, 0) is 0 Å². The average molecular weight is 575 g/mol. The van der Waals surface area contributed by atoms with Crippen molar-refractivity contribution in [3.63, 3.8) is 0 Å². The van der Waals surface area contributed by atoms with Crippen LogP contribution in [0.25, 0.3) is 5.57 Å². The van der Waals surface area contributed by atoms with E-state index in [0.29, 0.717) is 9.54 Å². The van der Waals surface area contributed by atoms with Crippen molar-refractivity contribution in [3.05, 3.63) is 95.9 Å². The molecular weight excluding hydrogens is 539 g/mol. The second-order valence-corrected chi connectivity index (χ2v) is 27.3. The van der Waals surface area contributed by atoms with Crippen molar-refractivity contribution in [2.45, 2.75) is 65.2 Å². The molecule has 0 heterocycles. The first-order valence-electron chi connectivity index (χ1n) is 11.6. The normalized spacial score (nSPS) is 18.8. The van der Waals surface area contributed by atoms with E-state index in [0.717, 1.165) is 0 Å². The average Bonchev–Trinajstić information content (AvgIpc) is 3.20. The van der Waals surface area contributed by atoms with Crippen LogP contribution in [-0.4, -0.2) is 5.43 Å². The van der Waals surface area contributed by atoms with E-state index in [1.807, 2.05) is 3.28 Å². The maximum Gasteiger partial charge on any atom is -1.00 e. The maximum absolute atomic E-state index is 2.71. The largest absolute Gasteiger partial charge is 1.00 e. The third-order valence-electron chi connectivity index (χ3n) is 8.05. The summed E-state index contributed by atoms with van der Waals surface area (Å²) in [4.78, 5) is 0. The van der Waals surface area contributed by atoms with Crippen molar-refractivity contribution in [1.82, 2.24) is 0 Å². The number of halogens is 2. The first kappa shape index (κ1) is 28.6. The molecule has 174 valence electrons. The molecule has 4 rings (SSSR count). The van der Waals surface area contributed by atoms with Crippen LogP contribution in [0, 0.1) is 26.7 Å². The van der Waals surface area contributed by atoms with Crippen molar-refractivity contribution >= 4 is 11.0 Å². The van der Waals surface area contributed by atoms with E-state index in [1.54, 1.807) is 22.3 Å². The van der Waals surface area contributed by atoms with E-state index in [2.05, 4.69) is 104 Å². The van der Waals surface area contributed by atoms with Gasteiger partial charge in [0.05, 0.1) is 0 Å². The van der Waals surface area contributed by atoms with Gasteiger partial charge in [0.2, 0.25) is 0 Å². The summed E-state index contributed by atoms with van der Waals surface area (Å²) in [7, 11) is 0. The van der Waals surface area contributed by atoms with Crippen molar-refractivity contribution < 1.29 is 45.2 Å². The number of hydrogen-bond acceptors (Lipinski definition) is 0. The quantitative estimate of drug-likeness (QED) is 0.494. The second kappa shape index (κ2) is 10.9. The molecule has 0 aliphatic heterocycles. The smallest absolute Gasteiger partial charge is 1.00 e. The Hall–Kier alpha value is -0.660. The minimum absolute atomic E-state index is 0. The van der Waals surface area contributed by atoms with Gasteiger partial charge in [-0.15, -0.1) is 0 Å². The molecule has 2 unspecified atom stereocenters. The fourth-order valence-electron chi connectivity index (χ4n) is 5.63. The topological polar surface area (TPSA) is 0 Å². The Labute approximate surface area is 221 Å². The van der Waals surface area contributed by atoms with E-state index < -0.39 is 20.4 Å². The van der Waals surface area contributed by atoms with Gasteiger partial charge in [0.1, 0.15) is 0 Å². The number of fused-ring (bicyclic) bond motifs is 1. The molecule has 0 saturated heterocycles. The molecule has 2 aliphatic rings. The van der Waals surface area contributed by atoms with Gasteiger partial charge >= 0.3 is 198 Å². The summed E-state index contributed by atoms with van der Waals surface area (Å²) in [6, 6.07) is 14.0. The van der Waals surface area contributed by atoms with Crippen molar-refractivity contribution in [2.24, 2.45) is 5.92 Å². The van der Waals surface area contributed by atoms with Gasteiger partial charge in [0, 0.05) is 0 Å². The molecule has 4 heteroatoms. The van der Waals surface area contributed by atoms with Crippen molar-refractivity contribution in [3.8, 4) is 0 Å². The number of hydrogen-bond donors (Lipinski definition) is 0.